The van der Waals surface area contributed by atoms with Gasteiger partial charge in [-0.15, -0.1) is 0 Å². The molecule has 160 valence electrons. The van der Waals surface area contributed by atoms with E-state index < -0.39 is 17.3 Å². The van der Waals surface area contributed by atoms with Crippen LogP contribution < -0.4 is 4.74 Å². The third-order valence-corrected chi connectivity index (χ3v) is 5.54. The lowest BCUT2D eigenvalue weighted by Crippen LogP contribution is -2.46. The standard InChI is InChI=1S/C22H22F3NO4/c23-22(24,25)17-2-1-3-19(12-17)30-18-8-10-26(11-9-18)20(27)15-4-6-16(7-5-15)21(28)13-29-14-21/h1-7,12,18,28H,8-11,13-14H2. The van der Waals surface area contributed by atoms with Crippen LogP contribution in [0.25, 0.3) is 0 Å². The van der Waals surface area contributed by atoms with Crippen molar-refractivity contribution in [2.75, 3.05) is 26.3 Å². The molecule has 2 heterocycles. The number of ether oxygens (including phenoxy) is 2. The monoisotopic (exact) mass is 421 g/mol. The Hall–Kier alpha value is -2.58. The summed E-state index contributed by atoms with van der Waals surface area (Å²) < 4.78 is 49.3. The van der Waals surface area contributed by atoms with E-state index in [0.29, 0.717) is 31.5 Å². The number of benzene rings is 2. The SMILES string of the molecule is O=C(c1ccc(C2(O)COC2)cc1)N1CCC(Oc2cccc(C(F)(F)F)c2)CC1. The summed E-state index contributed by atoms with van der Waals surface area (Å²) in [7, 11) is 0. The van der Waals surface area contributed by atoms with Crippen molar-refractivity contribution in [1.29, 1.82) is 0 Å². The topological polar surface area (TPSA) is 59.0 Å². The molecule has 0 aromatic heterocycles. The molecule has 30 heavy (non-hydrogen) atoms. The molecular formula is C22H22F3NO4. The molecule has 0 unspecified atom stereocenters. The Morgan fingerprint density at radius 2 is 1.77 bits per heavy atom. The van der Waals surface area contributed by atoms with Crippen LogP contribution in [0.4, 0.5) is 13.2 Å². The highest BCUT2D eigenvalue weighted by Crippen LogP contribution is 2.32. The van der Waals surface area contributed by atoms with Gasteiger partial charge in [0.05, 0.1) is 18.8 Å². The summed E-state index contributed by atoms with van der Waals surface area (Å²) in [5, 5.41) is 10.3. The van der Waals surface area contributed by atoms with Crippen LogP contribution in [0.15, 0.2) is 48.5 Å². The van der Waals surface area contributed by atoms with Crippen LogP contribution in [0.2, 0.25) is 0 Å². The molecule has 0 atom stereocenters. The summed E-state index contributed by atoms with van der Waals surface area (Å²) in [6.07, 6.45) is -3.58. The number of hydrogen-bond acceptors (Lipinski definition) is 4. The molecule has 0 spiro atoms. The number of rotatable bonds is 4. The number of aliphatic hydroxyl groups is 1. The predicted molar refractivity (Wildman–Crippen MR) is 102 cm³/mol. The number of amides is 1. The fraction of sp³-hybridized carbons (Fsp3) is 0.409. The summed E-state index contributed by atoms with van der Waals surface area (Å²) in [5.74, 6) is 0.0685. The highest BCUT2D eigenvalue weighted by Gasteiger charge is 2.38. The second-order valence-corrected chi connectivity index (χ2v) is 7.74. The van der Waals surface area contributed by atoms with Gasteiger partial charge in [0.15, 0.2) is 0 Å². The largest absolute Gasteiger partial charge is 0.490 e. The minimum atomic E-state index is -4.41. The molecule has 1 N–H and O–H groups in total. The van der Waals surface area contributed by atoms with Crippen LogP contribution in [-0.2, 0) is 16.5 Å². The minimum Gasteiger partial charge on any atom is -0.490 e. The average molecular weight is 421 g/mol. The highest BCUT2D eigenvalue weighted by atomic mass is 19.4. The first kappa shape index (κ1) is 20.7. The van der Waals surface area contributed by atoms with Gasteiger partial charge in [0.25, 0.3) is 5.91 Å². The zero-order valence-corrected chi connectivity index (χ0v) is 16.2. The van der Waals surface area contributed by atoms with Crippen molar-refractivity contribution in [2.24, 2.45) is 0 Å². The average Bonchev–Trinajstić information content (AvgIpc) is 2.72. The Morgan fingerprint density at radius 3 is 2.33 bits per heavy atom. The van der Waals surface area contributed by atoms with Crippen LogP contribution in [0.1, 0.15) is 34.3 Å². The molecule has 0 saturated carbocycles. The molecule has 2 aromatic rings. The van der Waals surface area contributed by atoms with E-state index in [1.807, 2.05) is 0 Å². The molecule has 2 aliphatic rings. The lowest BCUT2D eigenvalue weighted by molar-refractivity contribution is -0.184. The van der Waals surface area contributed by atoms with E-state index in [1.54, 1.807) is 29.2 Å². The zero-order valence-electron chi connectivity index (χ0n) is 16.2. The molecule has 8 heteroatoms. The molecule has 0 aliphatic carbocycles. The maximum atomic E-state index is 12.8. The van der Waals surface area contributed by atoms with Gasteiger partial charge in [-0.2, -0.15) is 13.2 Å². The second-order valence-electron chi connectivity index (χ2n) is 7.74. The summed E-state index contributed by atoms with van der Waals surface area (Å²) >= 11 is 0. The van der Waals surface area contributed by atoms with Crippen molar-refractivity contribution in [3.05, 3.63) is 65.2 Å². The summed E-state index contributed by atoms with van der Waals surface area (Å²) in [6, 6.07) is 11.7. The quantitative estimate of drug-likeness (QED) is 0.820. The fourth-order valence-corrected chi connectivity index (χ4v) is 3.68. The molecule has 2 saturated heterocycles. The number of carbonyl (C=O) groups excluding carboxylic acids is 1. The third kappa shape index (κ3) is 4.29. The maximum Gasteiger partial charge on any atom is 0.416 e. The second kappa shape index (κ2) is 7.92. The van der Waals surface area contributed by atoms with E-state index in [4.69, 9.17) is 9.47 Å². The molecule has 5 nitrogen and oxygen atoms in total. The van der Waals surface area contributed by atoms with Crippen LogP contribution in [0.3, 0.4) is 0 Å². The Labute approximate surface area is 172 Å². The first-order valence-corrected chi connectivity index (χ1v) is 9.78. The van der Waals surface area contributed by atoms with Gasteiger partial charge in [-0.3, -0.25) is 4.79 Å². The Balaban J connectivity index is 1.32. The number of piperidine rings is 1. The van der Waals surface area contributed by atoms with Gasteiger partial charge in [-0.1, -0.05) is 18.2 Å². The number of alkyl halides is 3. The highest BCUT2D eigenvalue weighted by molar-refractivity contribution is 5.94. The molecule has 4 rings (SSSR count). The fourth-order valence-electron chi connectivity index (χ4n) is 3.68. The number of likely N-dealkylation sites (tertiary alicyclic amines) is 1. The van der Waals surface area contributed by atoms with Gasteiger partial charge >= 0.3 is 6.18 Å². The van der Waals surface area contributed by atoms with Crippen molar-refractivity contribution in [3.8, 4) is 5.75 Å². The molecule has 0 radical (unpaired) electrons. The summed E-state index contributed by atoms with van der Waals surface area (Å²) in [4.78, 5) is 14.4. The van der Waals surface area contributed by atoms with Gasteiger partial charge < -0.3 is 19.5 Å². The molecule has 2 fully saturated rings. The van der Waals surface area contributed by atoms with Crippen molar-refractivity contribution >= 4 is 5.91 Å². The van der Waals surface area contributed by atoms with Crippen LogP contribution in [-0.4, -0.2) is 48.3 Å². The van der Waals surface area contributed by atoms with Crippen molar-refractivity contribution in [3.63, 3.8) is 0 Å². The van der Waals surface area contributed by atoms with E-state index in [2.05, 4.69) is 0 Å². The van der Waals surface area contributed by atoms with E-state index in [0.717, 1.165) is 17.7 Å². The smallest absolute Gasteiger partial charge is 0.416 e. The third-order valence-electron chi connectivity index (χ3n) is 5.54. The molecule has 2 aromatic carbocycles. The Bertz CT molecular complexity index is 901. The van der Waals surface area contributed by atoms with E-state index in [1.165, 1.54) is 12.1 Å². The van der Waals surface area contributed by atoms with Crippen LogP contribution in [0, 0.1) is 0 Å². The molecule has 2 aliphatic heterocycles. The van der Waals surface area contributed by atoms with E-state index in [-0.39, 0.29) is 31.0 Å². The minimum absolute atomic E-state index is 0.115. The van der Waals surface area contributed by atoms with Crippen LogP contribution >= 0.6 is 0 Å². The Kier molecular flexibility index (Phi) is 5.46. The van der Waals surface area contributed by atoms with E-state index in [9.17, 15) is 23.1 Å². The summed E-state index contributed by atoms with van der Waals surface area (Å²) in [5.41, 5.74) is -0.465. The van der Waals surface area contributed by atoms with Gasteiger partial charge in [-0.05, 0) is 35.9 Å². The molecule has 1 amide bonds. The molecule has 0 bridgehead atoms. The number of hydrogen-bond donors (Lipinski definition) is 1. The maximum absolute atomic E-state index is 12.8. The van der Waals surface area contributed by atoms with Gasteiger partial charge in [-0.25, -0.2) is 0 Å². The number of carbonyl (C=O) groups is 1. The Morgan fingerprint density at radius 1 is 1.10 bits per heavy atom. The van der Waals surface area contributed by atoms with Crippen molar-refractivity contribution < 1.29 is 32.5 Å². The van der Waals surface area contributed by atoms with Crippen molar-refractivity contribution in [1.82, 2.24) is 4.90 Å². The zero-order chi connectivity index (χ0) is 21.4. The van der Waals surface area contributed by atoms with Gasteiger partial charge in [0, 0.05) is 31.5 Å². The first-order valence-electron chi connectivity index (χ1n) is 9.78. The first-order chi connectivity index (χ1) is 14.2. The summed E-state index contributed by atoms with van der Waals surface area (Å²) in [6.45, 7) is 1.42. The lowest BCUT2D eigenvalue weighted by atomic mass is 9.91. The molecular weight excluding hydrogens is 399 g/mol. The van der Waals surface area contributed by atoms with Gasteiger partial charge in [0.2, 0.25) is 0 Å². The lowest BCUT2D eigenvalue weighted by Gasteiger charge is -2.37. The predicted octanol–water partition coefficient (Wildman–Crippen LogP) is 3.61. The van der Waals surface area contributed by atoms with Crippen LogP contribution in [0.5, 0.6) is 5.75 Å². The van der Waals surface area contributed by atoms with Gasteiger partial charge in [0.1, 0.15) is 17.5 Å². The number of nitrogens with zero attached hydrogens (tertiary/aromatic N) is 1. The number of halogens is 3. The van der Waals surface area contributed by atoms with E-state index >= 15 is 0 Å². The normalized spacial score (nSPS) is 19.3. The van der Waals surface area contributed by atoms with Crippen molar-refractivity contribution in [2.45, 2.75) is 30.7 Å².